The number of ether oxygens (including phenoxy) is 5. The quantitative estimate of drug-likeness (QED) is 0.547. The summed E-state index contributed by atoms with van der Waals surface area (Å²) >= 11 is 0. The van der Waals surface area contributed by atoms with E-state index in [1.807, 2.05) is 0 Å². The maximum absolute atomic E-state index is 5.90. The number of nitrogens with zero attached hydrogens (tertiary/aromatic N) is 2. The zero-order chi connectivity index (χ0) is 20.0. The van der Waals surface area contributed by atoms with Gasteiger partial charge >= 0.3 is 0 Å². The van der Waals surface area contributed by atoms with Crippen molar-refractivity contribution in [2.24, 2.45) is 5.41 Å². The second-order valence-corrected chi connectivity index (χ2v) is 9.21. The van der Waals surface area contributed by atoms with Crippen molar-refractivity contribution in [1.82, 2.24) is 9.80 Å². The Hall–Kier alpha value is -0.280. The molecule has 7 nitrogen and oxygen atoms in total. The van der Waals surface area contributed by atoms with E-state index in [1.165, 1.54) is 0 Å². The van der Waals surface area contributed by atoms with Gasteiger partial charge in [0.25, 0.3) is 0 Å². The molecule has 3 aliphatic heterocycles. The van der Waals surface area contributed by atoms with Crippen molar-refractivity contribution in [1.29, 1.82) is 0 Å². The lowest BCUT2D eigenvalue weighted by atomic mass is 9.84. The van der Waals surface area contributed by atoms with Crippen molar-refractivity contribution in [3.05, 3.63) is 0 Å². The molecule has 0 saturated carbocycles. The van der Waals surface area contributed by atoms with E-state index in [0.717, 1.165) is 65.7 Å². The van der Waals surface area contributed by atoms with E-state index in [9.17, 15) is 0 Å². The summed E-state index contributed by atoms with van der Waals surface area (Å²) < 4.78 is 29.0. The lowest BCUT2D eigenvalue weighted by Gasteiger charge is -2.49. The molecule has 0 N–H and O–H groups in total. The zero-order valence-electron chi connectivity index (χ0n) is 18.2. The molecule has 0 aromatic carbocycles. The number of hydrogen-bond donors (Lipinski definition) is 0. The SMILES string of the molecule is CC(C)OCC1CN(CC2(CN3CCOC(COC(C)C)C3)COC2)CCO1. The van der Waals surface area contributed by atoms with Gasteiger partial charge in [0.2, 0.25) is 0 Å². The molecule has 3 rings (SSSR count). The average Bonchev–Trinajstić information content (AvgIpc) is 2.63. The normalized spacial score (nSPS) is 29.4. The van der Waals surface area contributed by atoms with E-state index in [4.69, 9.17) is 23.7 Å². The van der Waals surface area contributed by atoms with Gasteiger partial charge in [0.15, 0.2) is 0 Å². The Balaban J connectivity index is 1.46. The summed E-state index contributed by atoms with van der Waals surface area (Å²) in [6.45, 7) is 18.9. The molecule has 0 radical (unpaired) electrons. The number of rotatable bonds is 10. The Labute approximate surface area is 170 Å². The van der Waals surface area contributed by atoms with Crippen LogP contribution in [0.25, 0.3) is 0 Å². The average molecular weight is 401 g/mol. The van der Waals surface area contributed by atoms with Crippen LogP contribution in [-0.2, 0) is 23.7 Å². The third-order valence-corrected chi connectivity index (χ3v) is 5.61. The molecular weight excluding hydrogens is 360 g/mol. The first-order valence-corrected chi connectivity index (χ1v) is 10.9. The van der Waals surface area contributed by atoms with Gasteiger partial charge in [-0.3, -0.25) is 9.80 Å². The minimum absolute atomic E-state index is 0.176. The highest BCUT2D eigenvalue weighted by Crippen LogP contribution is 2.31. The predicted octanol–water partition coefficient (Wildman–Crippen LogP) is 1.25. The highest BCUT2D eigenvalue weighted by molar-refractivity contribution is 4.93. The first kappa shape index (κ1) is 22.4. The standard InChI is InChI=1S/C21H40N2O5/c1-17(2)27-11-19-9-22(5-7-25-19)13-21(15-24-16-21)14-23-6-8-26-20(10-23)12-28-18(3)4/h17-20H,5-16H2,1-4H3. The summed E-state index contributed by atoms with van der Waals surface area (Å²) in [4.78, 5) is 5.08. The lowest BCUT2D eigenvalue weighted by Crippen LogP contribution is -2.60. The van der Waals surface area contributed by atoms with Gasteiger partial charge in [-0.1, -0.05) is 0 Å². The largest absolute Gasteiger partial charge is 0.380 e. The molecule has 0 aromatic heterocycles. The van der Waals surface area contributed by atoms with Crippen LogP contribution in [0.5, 0.6) is 0 Å². The molecule has 3 aliphatic rings. The highest BCUT2D eigenvalue weighted by atomic mass is 16.5. The molecule has 0 spiro atoms. The third-order valence-electron chi connectivity index (χ3n) is 5.61. The van der Waals surface area contributed by atoms with Gasteiger partial charge in [-0.25, -0.2) is 0 Å². The van der Waals surface area contributed by atoms with Gasteiger partial charge < -0.3 is 23.7 Å². The Morgan fingerprint density at radius 1 is 0.821 bits per heavy atom. The fourth-order valence-electron chi connectivity index (χ4n) is 4.22. The first-order chi connectivity index (χ1) is 13.4. The Bertz CT molecular complexity index is 422. The maximum atomic E-state index is 5.90. The van der Waals surface area contributed by atoms with E-state index in [1.54, 1.807) is 0 Å². The van der Waals surface area contributed by atoms with E-state index in [-0.39, 0.29) is 29.8 Å². The Morgan fingerprint density at radius 2 is 1.29 bits per heavy atom. The molecule has 0 aromatic rings. The molecule has 164 valence electrons. The zero-order valence-corrected chi connectivity index (χ0v) is 18.2. The van der Waals surface area contributed by atoms with Crippen LogP contribution >= 0.6 is 0 Å². The topological polar surface area (TPSA) is 52.6 Å². The van der Waals surface area contributed by atoms with Gasteiger partial charge in [0.05, 0.1) is 64.1 Å². The molecule has 2 atom stereocenters. The molecule has 0 amide bonds. The fraction of sp³-hybridized carbons (Fsp3) is 1.00. The minimum Gasteiger partial charge on any atom is -0.380 e. The van der Waals surface area contributed by atoms with Crippen molar-refractivity contribution in [2.45, 2.75) is 52.1 Å². The lowest BCUT2D eigenvalue weighted by molar-refractivity contribution is -0.164. The smallest absolute Gasteiger partial charge is 0.0935 e. The van der Waals surface area contributed by atoms with E-state index < -0.39 is 0 Å². The summed E-state index contributed by atoms with van der Waals surface area (Å²) in [5.41, 5.74) is 0.224. The summed E-state index contributed by atoms with van der Waals surface area (Å²) in [5.74, 6) is 0. The molecule has 3 saturated heterocycles. The van der Waals surface area contributed by atoms with Crippen LogP contribution in [0.15, 0.2) is 0 Å². The van der Waals surface area contributed by atoms with Gasteiger partial charge in [0, 0.05) is 44.7 Å². The summed E-state index contributed by atoms with van der Waals surface area (Å²) in [5, 5.41) is 0. The van der Waals surface area contributed by atoms with Gasteiger partial charge in [-0.2, -0.15) is 0 Å². The van der Waals surface area contributed by atoms with Crippen molar-refractivity contribution in [3.63, 3.8) is 0 Å². The molecule has 0 bridgehead atoms. The fourth-order valence-corrected chi connectivity index (χ4v) is 4.22. The van der Waals surface area contributed by atoms with E-state index in [2.05, 4.69) is 37.5 Å². The first-order valence-electron chi connectivity index (χ1n) is 10.9. The van der Waals surface area contributed by atoms with Gasteiger partial charge in [0.1, 0.15) is 0 Å². The highest BCUT2D eigenvalue weighted by Gasteiger charge is 2.43. The van der Waals surface area contributed by atoms with Gasteiger partial charge in [-0.15, -0.1) is 0 Å². The summed E-state index contributed by atoms with van der Waals surface area (Å²) in [6.07, 6.45) is 0.851. The minimum atomic E-state index is 0.176. The van der Waals surface area contributed by atoms with Crippen molar-refractivity contribution in [3.8, 4) is 0 Å². The van der Waals surface area contributed by atoms with E-state index >= 15 is 0 Å². The van der Waals surface area contributed by atoms with Crippen LogP contribution in [-0.4, -0.2) is 113 Å². The predicted molar refractivity (Wildman–Crippen MR) is 108 cm³/mol. The molecule has 3 fully saturated rings. The van der Waals surface area contributed by atoms with Gasteiger partial charge in [-0.05, 0) is 27.7 Å². The molecule has 0 aliphatic carbocycles. The molecule has 2 unspecified atom stereocenters. The van der Waals surface area contributed by atoms with Crippen molar-refractivity contribution < 1.29 is 23.7 Å². The summed E-state index contributed by atoms with van der Waals surface area (Å²) in [7, 11) is 0. The number of morpholine rings is 2. The van der Waals surface area contributed by atoms with Crippen LogP contribution < -0.4 is 0 Å². The van der Waals surface area contributed by atoms with Crippen LogP contribution in [0.1, 0.15) is 27.7 Å². The second kappa shape index (κ2) is 10.7. The monoisotopic (exact) mass is 400 g/mol. The van der Waals surface area contributed by atoms with Crippen LogP contribution in [0.2, 0.25) is 0 Å². The molecule has 7 heteroatoms. The van der Waals surface area contributed by atoms with Crippen molar-refractivity contribution in [2.75, 3.05) is 78.9 Å². The maximum Gasteiger partial charge on any atom is 0.0935 e. The molecular formula is C21H40N2O5. The number of hydrogen-bond acceptors (Lipinski definition) is 7. The van der Waals surface area contributed by atoms with Crippen LogP contribution in [0.4, 0.5) is 0 Å². The van der Waals surface area contributed by atoms with Crippen LogP contribution in [0.3, 0.4) is 0 Å². The van der Waals surface area contributed by atoms with Crippen LogP contribution in [0, 0.1) is 5.41 Å². The molecule has 28 heavy (non-hydrogen) atoms. The van der Waals surface area contributed by atoms with E-state index in [0.29, 0.717) is 13.2 Å². The van der Waals surface area contributed by atoms with Crippen molar-refractivity contribution >= 4 is 0 Å². The molecule has 3 heterocycles. The summed E-state index contributed by atoms with van der Waals surface area (Å²) in [6, 6.07) is 0. The Kier molecular flexibility index (Phi) is 8.53. The second-order valence-electron chi connectivity index (χ2n) is 9.21. The third kappa shape index (κ3) is 6.90. The Morgan fingerprint density at radius 3 is 1.64 bits per heavy atom.